The van der Waals surface area contributed by atoms with Gasteiger partial charge in [0.1, 0.15) is 0 Å². The molecule has 0 aromatic heterocycles. The molecule has 1 aliphatic rings. The molecule has 0 spiro atoms. The van der Waals surface area contributed by atoms with Crippen LogP contribution in [0.3, 0.4) is 0 Å². The predicted octanol–water partition coefficient (Wildman–Crippen LogP) is 2.69. The van der Waals surface area contributed by atoms with Crippen LogP contribution in [-0.4, -0.2) is 29.1 Å². The van der Waals surface area contributed by atoms with Crippen molar-refractivity contribution in [2.24, 2.45) is 0 Å². The van der Waals surface area contributed by atoms with E-state index in [1.54, 1.807) is 0 Å². The van der Waals surface area contributed by atoms with Gasteiger partial charge < -0.3 is 5.11 Å². The monoisotopic (exact) mass is 247 g/mol. The maximum absolute atomic E-state index is 10.5. The number of hydrogen-bond donors (Lipinski definition) is 1. The molecule has 1 aromatic carbocycles. The van der Waals surface area contributed by atoms with Gasteiger partial charge in [0.05, 0.1) is 0 Å². The maximum Gasteiger partial charge on any atom is 0.303 e. The summed E-state index contributed by atoms with van der Waals surface area (Å²) in [6.45, 7) is 3.41. The van der Waals surface area contributed by atoms with Crippen LogP contribution in [0.2, 0.25) is 0 Å². The molecule has 0 unspecified atom stereocenters. The van der Waals surface area contributed by atoms with Crippen LogP contribution in [0.15, 0.2) is 24.3 Å². The van der Waals surface area contributed by atoms with Crippen molar-refractivity contribution >= 4 is 5.97 Å². The quantitative estimate of drug-likeness (QED) is 0.840. The Morgan fingerprint density at radius 2 is 1.83 bits per heavy atom. The number of hydrogen-bond acceptors (Lipinski definition) is 2. The molecule has 0 radical (unpaired) electrons. The lowest BCUT2D eigenvalue weighted by atomic mass is 10.0. The van der Waals surface area contributed by atoms with Gasteiger partial charge in [-0.15, -0.1) is 0 Å². The molecule has 0 aliphatic carbocycles. The summed E-state index contributed by atoms with van der Waals surface area (Å²) in [7, 11) is 0. The summed E-state index contributed by atoms with van der Waals surface area (Å²) in [6.07, 6.45) is 4.48. The highest BCUT2D eigenvalue weighted by atomic mass is 16.4. The van der Waals surface area contributed by atoms with E-state index in [1.165, 1.54) is 37.1 Å². The van der Waals surface area contributed by atoms with E-state index in [4.69, 9.17) is 5.11 Å². The highest BCUT2D eigenvalue weighted by Gasteiger charge is 2.13. The number of rotatable bonds is 6. The van der Waals surface area contributed by atoms with Gasteiger partial charge in [0.15, 0.2) is 0 Å². The maximum atomic E-state index is 10.5. The van der Waals surface area contributed by atoms with Crippen LogP contribution in [0.4, 0.5) is 0 Å². The van der Waals surface area contributed by atoms with E-state index in [1.807, 2.05) is 6.07 Å². The number of benzene rings is 1. The third-order valence-electron chi connectivity index (χ3n) is 3.55. The van der Waals surface area contributed by atoms with Crippen molar-refractivity contribution in [3.63, 3.8) is 0 Å². The third-order valence-corrected chi connectivity index (χ3v) is 3.55. The molecule has 1 saturated heterocycles. The lowest BCUT2D eigenvalue weighted by Gasteiger charge is -2.17. The summed E-state index contributed by atoms with van der Waals surface area (Å²) in [4.78, 5) is 13.0. The number of carbonyl (C=O) groups is 1. The standard InChI is InChI=1S/C15H21NO2/c17-15(18)9-5-8-13-6-1-2-7-14(13)12-16-10-3-4-11-16/h1-2,6-7H,3-5,8-12H2,(H,17,18). The van der Waals surface area contributed by atoms with Gasteiger partial charge in [0.2, 0.25) is 0 Å². The van der Waals surface area contributed by atoms with Crippen molar-refractivity contribution in [2.45, 2.75) is 38.6 Å². The Bertz CT molecular complexity index is 397. The first-order valence-electron chi connectivity index (χ1n) is 6.76. The first-order valence-corrected chi connectivity index (χ1v) is 6.76. The van der Waals surface area contributed by atoms with Crippen LogP contribution >= 0.6 is 0 Å². The molecule has 1 N–H and O–H groups in total. The second kappa shape index (κ2) is 6.55. The van der Waals surface area contributed by atoms with E-state index in [0.29, 0.717) is 0 Å². The molecule has 2 rings (SSSR count). The second-order valence-electron chi connectivity index (χ2n) is 5.00. The van der Waals surface area contributed by atoms with E-state index in [9.17, 15) is 4.79 Å². The molecule has 3 nitrogen and oxygen atoms in total. The molecule has 0 amide bonds. The summed E-state index contributed by atoms with van der Waals surface area (Å²) >= 11 is 0. The molecule has 1 aromatic rings. The van der Waals surface area contributed by atoms with E-state index in [-0.39, 0.29) is 6.42 Å². The summed E-state index contributed by atoms with van der Waals surface area (Å²) in [5.74, 6) is -0.702. The van der Waals surface area contributed by atoms with E-state index < -0.39 is 5.97 Å². The molecule has 1 fully saturated rings. The molecule has 18 heavy (non-hydrogen) atoms. The van der Waals surface area contributed by atoms with E-state index in [0.717, 1.165) is 19.4 Å². The molecular weight excluding hydrogens is 226 g/mol. The molecule has 3 heteroatoms. The smallest absolute Gasteiger partial charge is 0.303 e. The number of aliphatic carboxylic acids is 1. The van der Waals surface area contributed by atoms with Crippen molar-refractivity contribution in [1.29, 1.82) is 0 Å². The Morgan fingerprint density at radius 1 is 1.17 bits per heavy atom. The molecule has 0 bridgehead atoms. The first kappa shape index (κ1) is 13.1. The van der Waals surface area contributed by atoms with Crippen molar-refractivity contribution in [3.05, 3.63) is 35.4 Å². The Hall–Kier alpha value is -1.35. The minimum Gasteiger partial charge on any atom is -0.481 e. The predicted molar refractivity (Wildman–Crippen MR) is 71.5 cm³/mol. The summed E-state index contributed by atoms with van der Waals surface area (Å²) in [5, 5.41) is 8.68. The highest BCUT2D eigenvalue weighted by molar-refractivity contribution is 5.66. The molecule has 1 aliphatic heterocycles. The number of aryl methyl sites for hydroxylation is 1. The summed E-state index contributed by atoms with van der Waals surface area (Å²) in [6, 6.07) is 8.43. The molecule has 1 heterocycles. The molecule has 0 atom stereocenters. The molecule has 98 valence electrons. The first-order chi connectivity index (χ1) is 8.75. The van der Waals surface area contributed by atoms with E-state index >= 15 is 0 Å². The molecule has 0 saturated carbocycles. The van der Waals surface area contributed by atoms with Crippen molar-refractivity contribution in [2.75, 3.05) is 13.1 Å². The average Bonchev–Trinajstić information content (AvgIpc) is 2.84. The second-order valence-corrected chi connectivity index (χ2v) is 5.00. The lowest BCUT2D eigenvalue weighted by Crippen LogP contribution is -2.19. The van der Waals surface area contributed by atoms with Gasteiger partial charge in [0, 0.05) is 13.0 Å². The largest absolute Gasteiger partial charge is 0.481 e. The highest BCUT2D eigenvalue weighted by Crippen LogP contribution is 2.17. The number of carboxylic acid groups (broad SMARTS) is 1. The van der Waals surface area contributed by atoms with Crippen LogP contribution < -0.4 is 0 Å². The van der Waals surface area contributed by atoms with Gasteiger partial charge in [-0.1, -0.05) is 24.3 Å². The van der Waals surface area contributed by atoms with Gasteiger partial charge in [-0.2, -0.15) is 0 Å². The zero-order chi connectivity index (χ0) is 12.8. The fourth-order valence-electron chi connectivity index (χ4n) is 2.57. The Labute approximate surface area is 108 Å². The fourth-order valence-corrected chi connectivity index (χ4v) is 2.57. The van der Waals surface area contributed by atoms with Gasteiger partial charge in [-0.05, 0) is 49.9 Å². The van der Waals surface area contributed by atoms with Crippen LogP contribution in [0.5, 0.6) is 0 Å². The van der Waals surface area contributed by atoms with Crippen LogP contribution in [0.25, 0.3) is 0 Å². The molecular formula is C15H21NO2. The topological polar surface area (TPSA) is 40.5 Å². The third kappa shape index (κ3) is 3.84. The van der Waals surface area contributed by atoms with Crippen LogP contribution in [0, 0.1) is 0 Å². The Balaban J connectivity index is 1.93. The number of nitrogens with zero attached hydrogens (tertiary/aromatic N) is 1. The van der Waals surface area contributed by atoms with Gasteiger partial charge >= 0.3 is 5.97 Å². The van der Waals surface area contributed by atoms with Crippen LogP contribution in [-0.2, 0) is 17.8 Å². The van der Waals surface area contributed by atoms with Crippen LogP contribution in [0.1, 0.15) is 36.8 Å². The zero-order valence-corrected chi connectivity index (χ0v) is 10.8. The summed E-state index contributed by atoms with van der Waals surface area (Å²) in [5.41, 5.74) is 2.68. The number of likely N-dealkylation sites (tertiary alicyclic amines) is 1. The SMILES string of the molecule is O=C(O)CCCc1ccccc1CN1CCCC1. The average molecular weight is 247 g/mol. The number of carboxylic acids is 1. The minimum absolute atomic E-state index is 0.262. The Kier molecular flexibility index (Phi) is 4.76. The minimum atomic E-state index is -0.702. The Morgan fingerprint density at radius 3 is 2.50 bits per heavy atom. The zero-order valence-electron chi connectivity index (χ0n) is 10.8. The lowest BCUT2D eigenvalue weighted by molar-refractivity contribution is -0.137. The van der Waals surface area contributed by atoms with Gasteiger partial charge in [0.25, 0.3) is 0 Å². The normalized spacial score (nSPS) is 16.0. The fraction of sp³-hybridized carbons (Fsp3) is 0.533. The van der Waals surface area contributed by atoms with Crippen molar-refractivity contribution < 1.29 is 9.90 Å². The van der Waals surface area contributed by atoms with Gasteiger partial charge in [-0.3, -0.25) is 9.69 Å². The van der Waals surface area contributed by atoms with Gasteiger partial charge in [-0.25, -0.2) is 0 Å². The van der Waals surface area contributed by atoms with Crippen molar-refractivity contribution in [1.82, 2.24) is 4.90 Å². The summed E-state index contributed by atoms with van der Waals surface area (Å²) < 4.78 is 0. The van der Waals surface area contributed by atoms with E-state index in [2.05, 4.69) is 23.1 Å². The van der Waals surface area contributed by atoms with Crippen molar-refractivity contribution in [3.8, 4) is 0 Å².